The molecule has 0 fully saturated rings. The minimum atomic E-state index is -4.29. The van der Waals surface area contributed by atoms with Crippen LogP contribution in [0.1, 0.15) is 16.8 Å². The number of nitrogens with zero attached hydrogens (tertiary/aromatic N) is 1. The molecule has 0 saturated heterocycles. The van der Waals surface area contributed by atoms with Crippen molar-refractivity contribution in [3.63, 3.8) is 0 Å². The van der Waals surface area contributed by atoms with Gasteiger partial charge < -0.3 is 0 Å². The second-order valence-corrected chi connectivity index (χ2v) is 6.51. The van der Waals surface area contributed by atoms with Crippen LogP contribution in [-0.4, -0.2) is 19.7 Å². The van der Waals surface area contributed by atoms with Gasteiger partial charge in [0.05, 0.1) is 11.8 Å². The molecule has 0 saturated carbocycles. The van der Waals surface area contributed by atoms with Crippen molar-refractivity contribution in [1.29, 1.82) is 0 Å². The molecule has 24 heavy (non-hydrogen) atoms. The molecule has 0 N–H and O–H groups in total. The zero-order valence-electron chi connectivity index (χ0n) is 13.1. The van der Waals surface area contributed by atoms with E-state index in [1.54, 1.807) is 18.3 Å². The van der Waals surface area contributed by atoms with Gasteiger partial charge in [-0.15, -0.1) is 0 Å². The van der Waals surface area contributed by atoms with Crippen molar-refractivity contribution in [3.05, 3.63) is 53.3 Å². The van der Waals surface area contributed by atoms with Gasteiger partial charge in [0.2, 0.25) is 0 Å². The van der Waals surface area contributed by atoms with Crippen LogP contribution in [0.25, 0.3) is 11.1 Å². The minimum absolute atomic E-state index is 0.231. The number of benzene rings is 1. The van der Waals surface area contributed by atoms with Crippen molar-refractivity contribution in [2.24, 2.45) is 0 Å². The summed E-state index contributed by atoms with van der Waals surface area (Å²) in [6, 6.07) is 7.81. The average Bonchev–Trinajstić information content (AvgIpc) is 2.45. The van der Waals surface area contributed by atoms with Crippen molar-refractivity contribution in [1.82, 2.24) is 4.98 Å². The largest absolute Gasteiger partial charge is 0.416 e. The number of pyridine rings is 1. The van der Waals surface area contributed by atoms with Gasteiger partial charge in [-0.2, -0.15) is 21.6 Å². The van der Waals surface area contributed by atoms with Gasteiger partial charge in [-0.05, 0) is 53.3 Å². The first-order valence-electron chi connectivity index (χ1n) is 6.55. The summed E-state index contributed by atoms with van der Waals surface area (Å²) in [6.45, 7) is 3.32. The molecule has 0 spiro atoms. The molecule has 0 bridgehead atoms. The van der Waals surface area contributed by atoms with E-state index < -0.39 is 21.9 Å². The first kappa shape index (κ1) is 20.0. The van der Waals surface area contributed by atoms with Gasteiger partial charge in [0.15, 0.2) is 0 Å². The van der Waals surface area contributed by atoms with Gasteiger partial charge in [-0.25, -0.2) is 0 Å². The number of aryl methyl sites for hydroxylation is 2. The summed E-state index contributed by atoms with van der Waals surface area (Å²) in [6.07, 6.45) is -2.03. The molecule has 0 unspecified atom stereocenters. The molecule has 0 amide bonds. The SMILES string of the molecule is CS(=O)(=O)OF.Cc1cc(-c2ccc(C(F)(F)F)c(C)c2)ccn1. The van der Waals surface area contributed by atoms with E-state index in [1.807, 2.05) is 13.0 Å². The van der Waals surface area contributed by atoms with E-state index in [0.29, 0.717) is 6.26 Å². The molecule has 4 nitrogen and oxygen atoms in total. The predicted octanol–water partition coefficient (Wildman–Crippen LogP) is 4.23. The van der Waals surface area contributed by atoms with E-state index in [-0.39, 0.29) is 5.56 Å². The molecule has 1 aromatic heterocycles. The fourth-order valence-corrected chi connectivity index (χ4v) is 1.89. The number of alkyl halides is 3. The van der Waals surface area contributed by atoms with E-state index in [9.17, 15) is 26.1 Å². The molecule has 0 atom stereocenters. The summed E-state index contributed by atoms with van der Waals surface area (Å²) < 4.78 is 69.5. The lowest BCUT2D eigenvalue weighted by Crippen LogP contribution is -2.07. The van der Waals surface area contributed by atoms with Crippen LogP contribution in [0.5, 0.6) is 0 Å². The molecule has 0 aliphatic heterocycles. The Bertz CT molecular complexity index is 805. The number of hydrogen-bond donors (Lipinski definition) is 0. The highest BCUT2D eigenvalue weighted by Gasteiger charge is 2.32. The predicted molar refractivity (Wildman–Crippen MR) is 81.2 cm³/mol. The normalized spacial score (nSPS) is 11.6. The van der Waals surface area contributed by atoms with E-state index in [1.165, 1.54) is 13.0 Å². The number of halogens is 4. The van der Waals surface area contributed by atoms with Gasteiger partial charge in [0.1, 0.15) is 0 Å². The molecule has 132 valence electrons. The summed E-state index contributed by atoms with van der Waals surface area (Å²) in [5.74, 6) is 0. The van der Waals surface area contributed by atoms with Gasteiger partial charge >= 0.3 is 6.18 Å². The van der Waals surface area contributed by atoms with E-state index in [0.717, 1.165) is 22.9 Å². The molecule has 1 aromatic carbocycles. The Balaban J connectivity index is 0.000000413. The number of aromatic nitrogens is 1. The van der Waals surface area contributed by atoms with Crippen LogP contribution in [0.2, 0.25) is 0 Å². The maximum atomic E-state index is 12.6. The highest BCUT2D eigenvalue weighted by atomic mass is 32.2. The Morgan fingerprint density at radius 1 is 1.04 bits per heavy atom. The molecule has 2 aromatic rings. The van der Waals surface area contributed by atoms with Crippen LogP contribution >= 0.6 is 0 Å². The molecular weight excluding hydrogens is 350 g/mol. The summed E-state index contributed by atoms with van der Waals surface area (Å²) in [5.41, 5.74) is 2.13. The zero-order chi connectivity index (χ0) is 18.5. The van der Waals surface area contributed by atoms with Gasteiger partial charge in [-0.3, -0.25) is 4.98 Å². The van der Waals surface area contributed by atoms with E-state index in [2.05, 4.69) is 9.37 Å². The Labute approximate surface area is 137 Å². The highest BCUT2D eigenvalue weighted by Crippen LogP contribution is 2.33. The number of rotatable bonds is 2. The smallest absolute Gasteiger partial charge is 0.262 e. The summed E-state index contributed by atoms with van der Waals surface area (Å²) >= 11 is 0. The lowest BCUT2D eigenvalue weighted by Gasteiger charge is -2.11. The van der Waals surface area contributed by atoms with E-state index in [4.69, 9.17) is 0 Å². The minimum Gasteiger partial charge on any atom is -0.262 e. The third kappa shape index (κ3) is 6.25. The van der Waals surface area contributed by atoms with Crippen molar-refractivity contribution in [3.8, 4) is 11.1 Å². The Morgan fingerprint density at radius 3 is 2.00 bits per heavy atom. The van der Waals surface area contributed by atoms with Crippen LogP contribution in [0.3, 0.4) is 0 Å². The summed E-state index contributed by atoms with van der Waals surface area (Å²) in [7, 11) is -3.83. The summed E-state index contributed by atoms with van der Waals surface area (Å²) in [5, 5.41) is 0. The lowest BCUT2D eigenvalue weighted by atomic mass is 10.00. The van der Waals surface area contributed by atoms with Gasteiger partial charge in [0.25, 0.3) is 10.1 Å². The second kappa shape index (κ2) is 7.71. The zero-order valence-corrected chi connectivity index (χ0v) is 13.9. The molecule has 2 rings (SSSR count). The second-order valence-electron chi connectivity index (χ2n) is 4.98. The Morgan fingerprint density at radius 2 is 1.58 bits per heavy atom. The van der Waals surface area contributed by atoms with Gasteiger partial charge in [0, 0.05) is 11.9 Å². The van der Waals surface area contributed by atoms with Crippen LogP contribution in [0.4, 0.5) is 17.7 Å². The third-order valence-corrected chi connectivity index (χ3v) is 3.11. The molecule has 9 heteroatoms. The lowest BCUT2D eigenvalue weighted by molar-refractivity contribution is -0.138. The molecule has 0 aliphatic carbocycles. The third-order valence-electron chi connectivity index (χ3n) is 2.88. The Kier molecular flexibility index (Phi) is 6.44. The van der Waals surface area contributed by atoms with Crippen LogP contribution in [0.15, 0.2) is 36.5 Å². The fraction of sp³-hybridized carbons (Fsp3) is 0.267. The monoisotopic (exact) mass is 365 g/mol. The van der Waals surface area contributed by atoms with Crippen LogP contribution < -0.4 is 0 Å². The van der Waals surface area contributed by atoms with Crippen LogP contribution in [0, 0.1) is 13.8 Å². The first-order chi connectivity index (χ1) is 10.9. The van der Waals surface area contributed by atoms with Crippen molar-refractivity contribution >= 4 is 10.1 Å². The number of hydrogen-bond acceptors (Lipinski definition) is 4. The topological polar surface area (TPSA) is 56.3 Å². The molecule has 0 aliphatic rings. The Hall–Kier alpha value is -2.00. The molecule has 0 radical (unpaired) electrons. The van der Waals surface area contributed by atoms with Crippen molar-refractivity contribution in [2.75, 3.05) is 6.26 Å². The highest BCUT2D eigenvalue weighted by molar-refractivity contribution is 7.85. The fourth-order valence-electron chi connectivity index (χ4n) is 1.89. The van der Waals surface area contributed by atoms with E-state index >= 15 is 0 Å². The van der Waals surface area contributed by atoms with Gasteiger partial charge in [-0.1, -0.05) is 16.5 Å². The first-order valence-corrected chi connectivity index (χ1v) is 8.37. The standard InChI is InChI=1S/C14H12F3N.CH3FO3S/c1-9-7-11(3-4-13(9)14(15,16)17)12-5-6-18-10(2)8-12;1-6(3,4)5-2/h3-8H,1-2H3;1H3. The maximum absolute atomic E-state index is 12.6. The molecule has 1 heterocycles. The molecular formula is C15H15F4NO3S. The summed E-state index contributed by atoms with van der Waals surface area (Å²) in [4.78, 5) is 4.06. The maximum Gasteiger partial charge on any atom is 0.416 e. The van der Waals surface area contributed by atoms with Crippen molar-refractivity contribution < 1.29 is 30.5 Å². The average molecular weight is 365 g/mol. The van der Waals surface area contributed by atoms with Crippen molar-refractivity contribution in [2.45, 2.75) is 20.0 Å². The quantitative estimate of drug-likeness (QED) is 0.748. The van der Waals surface area contributed by atoms with Crippen LogP contribution in [-0.2, 0) is 20.7 Å².